The Morgan fingerprint density at radius 1 is 1.53 bits per heavy atom. The third kappa shape index (κ3) is 2.69. The number of pyridine rings is 1. The number of hydrogen-bond acceptors (Lipinski definition) is 3. The molecule has 0 atom stereocenters. The van der Waals surface area contributed by atoms with E-state index < -0.39 is 0 Å². The average Bonchev–Trinajstić information content (AvgIpc) is 3.05. The van der Waals surface area contributed by atoms with Gasteiger partial charge in [0, 0.05) is 23.3 Å². The molecule has 0 bridgehead atoms. The molecule has 1 fully saturated rings. The number of rotatable bonds is 4. The number of aromatic nitrogens is 1. The van der Waals surface area contributed by atoms with Crippen molar-refractivity contribution in [1.29, 1.82) is 5.26 Å². The second-order valence-electron chi connectivity index (χ2n) is 3.67. The Balaban J connectivity index is 2.10. The molecule has 15 heavy (non-hydrogen) atoms. The second-order valence-corrected chi connectivity index (χ2v) is 4.58. The molecule has 1 heterocycles. The fraction of sp³-hybridized carbons (Fsp3) is 0.455. The fourth-order valence-electron chi connectivity index (χ4n) is 1.58. The van der Waals surface area contributed by atoms with Crippen LogP contribution in [0.1, 0.15) is 19.3 Å². The number of halogens is 1. The van der Waals surface area contributed by atoms with E-state index in [9.17, 15) is 0 Å². The number of hydrogen-bond donors (Lipinski definition) is 0. The minimum atomic E-state index is 0.564. The predicted molar refractivity (Wildman–Crippen MR) is 62.5 cm³/mol. The van der Waals surface area contributed by atoms with Crippen LogP contribution in [0.5, 0.6) is 0 Å². The highest BCUT2D eigenvalue weighted by Crippen LogP contribution is 2.30. The largest absolute Gasteiger partial charge is 0.353 e. The average molecular weight is 266 g/mol. The SMILES string of the molecule is N#CCCN(c1ccc(Br)cn1)C1CC1. The van der Waals surface area contributed by atoms with Gasteiger partial charge in [0.2, 0.25) is 0 Å². The van der Waals surface area contributed by atoms with E-state index in [1.165, 1.54) is 12.8 Å². The van der Waals surface area contributed by atoms with Gasteiger partial charge in [-0.1, -0.05) is 0 Å². The zero-order valence-electron chi connectivity index (χ0n) is 8.36. The van der Waals surface area contributed by atoms with E-state index in [0.717, 1.165) is 16.8 Å². The number of nitriles is 1. The van der Waals surface area contributed by atoms with Crippen molar-refractivity contribution in [3.8, 4) is 6.07 Å². The first-order chi connectivity index (χ1) is 7.31. The van der Waals surface area contributed by atoms with Gasteiger partial charge in [-0.15, -0.1) is 0 Å². The van der Waals surface area contributed by atoms with Crippen molar-refractivity contribution in [2.75, 3.05) is 11.4 Å². The van der Waals surface area contributed by atoms with E-state index in [1.807, 2.05) is 12.1 Å². The molecule has 1 aliphatic carbocycles. The van der Waals surface area contributed by atoms with Crippen LogP contribution in [0.4, 0.5) is 5.82 Å². The normalized spacial score (nSPS) is 14.7. The monoisotopic (exact) mass is 265 g/mol. The smallest absolute Gasteiger partial charge is 0.128 e. The van der Waals surface area contributed by atoms with Crippen LogP contribution in [0, 0.1) is 11.3 Å². The molecular formula is C11H12BrN3. The molecule has 1 saturated carbocycles. The van der Waals surface area contributed by atoms with Crippen molar-refractivity contribution in [2.45, 2.75) is 25.3 Å². The van der Waals surface area contributed by atoms with Gasteiger partial charge >= 0.3 is 0 Å². The second kappa shape index (κ2) is 4.63. The van der Waals surface area contributed by atoms with Crippen LogP contribution < -0.4 is 4.90 Å². The van der Waals surface area contributed by atoms with Gasteiger partial charge in [0.25, 0.3) is 0 Å². The van der Waals surface area contributed by atoms with Crippen molar-refractivity contribution in [2.24, 2.45) is 0 Å². The van der Waals surface area contributed by atoms with Crippen molar-refractivity contribution in [1.82, 2.24) is 4.98 Å². The van der Waals surface area contributed by atoms with Gasteiger partial charge in [-0.05, 0) is 40.9 Å². The van der Waals surface area contributed by atoms with Gasteiger partial charge in [0.1, 0.15) is 5.82 Å². The fourth-order valence-corrected chi connectivity index (χ4v) is 1.81. The molecule has 2 rings (SSSR count). The molecule has 1 aromatic heterocycles. The Hall–Kier alpha value is -1.08. The summed E-state index contributed by atoms with van der Waals surface area (Å²) in [5.74, 6) is 0.982. The number of nitrogens with zero attached hydrogens (tertiary/aromatic N) is 3. The summed E-state index contributed by atoms with van der Waals surface area (Å²) in [5.41, 5.74) is 0. The minimum Gasteiger partial charge on any atom is -0.353 e. The van der Waals surface area contributed by atoms with Crippen molar-refractivity contribution in [3.63, 3.8) is 0 Å². The molecule has 3 nitrogen and oxygen atoms in total. The molecule has 0 N–H and O–H groups in total. The zero-order valence-corrected chi connectivity index (χ0v) is 9.94. The summed E-state index contributed by atoms with van der Waals surface area (Å²) in [6.07, 6.45) is 4.82. The molecular weight excluding hydrogens is 254 g/mol. The van der Waals surface area contributed by atoms with Crippen molar-refractivity contribution in [3.05, 3.63) is 22.8 Å². The predicted octanol–water partition coefficient (Wildman–Crippen LogP) is 2.73. The van der Waals surface area contributed by atoms with E-state index >= 15 is 0 Å². The lowest BCUT2D eigenvalue weighted by Crippen LogP contribution is -2.27. The highest BCUT2D eigenvalue weighted by atomic mass is 79.9. The summed E-state index contributed by atoms with van der Waals surface area (Å²) in [7, 11) is 0. The number of anilines is 1. The van der Waals surface area contributed by atoms with Crippen LogP contribution in [0.15, 0.2) is 22.8 Å². The molecule has 0 aliphatic heterocycles. The quantitative estimate of drug-likeness (QED) is 0.841. The van der Waals surface area contributed by atoms with Crippen LogP contribution in [-0.2, 0) is 0 Å². The van der Waals surface area contributed by atoms with Gasteiger partial charge in [0.05, 0.1) is 12.5 Å². The van der Waals surface area contributed by atoms with Gasteiger partial charge < -0.3 is 4.90 Å². The van der Waals surface area contributed by atoms with Crippen LogP contribution in [0.2, 0.25) is 0 Å². The summed E-state index contributed by atoms with van der Waals surface area (Å²) in [6, 6.07) is 6.78. The molecule has 4 heteroatoms. The Morgan fingerprint density at radius 2 is 2.33 bits per heavy atom. The van der Waals surface area contributed by atoms with Gasteiger partial charge in [-0.2, -0.15) is 5.26 Å². The summed E-state index contributed by atoms with van der Waals surface area (Å²) in [4.78, 5) is 6.59. The van der Waals surface area contributed by atoms with E-state index in [0.29, 0.717) is 12.5 Å². The van der Waals surface area contributed by atoms with Crippen LogP contribution in [0.3, 0.4) is 0 Å². The Labute approximate surface area is 97.9 Å². The summed E-state index contributed by atoms with van der Waals surface area (Å²) in [6.45, 7) is 0.787. The topological polar surface area (TPSA) is 39.9 Å². The molecule has 0 unspecified atom stereocenters. The molecule has 0 saturated heterocycles. The third-order valence-corrected chi connectivity index (χ3v) is 2.93. The van der Waals surface area contributed by atoms with Crippen LogP contribution in [-0.4, -0.2) is 17.6 Å². The zero-order chi connectivity index (χ0) is 10.7. The Morgan fingerprint density at radius 3 is 2.87 bits per heavy atom. The maximum Gasteiger partial charge on any atom is 0.128 e. The van der Waals surface area contributed by atoms with E-state index in [2.05, 4.69) is 31.9 Å². The molecule has 0 aromatic carbocycles. The summed E-state index contributed by atoms with van der Waals surface area (Å²) < 4.78 is 0.988. The lowest BCUT2D eigenvalue weighted by molar-refractivity contribution is 0.778. The standard InChI is InChI=1S/C11H12BrN3/c12-9-2-5-11(14-8-9)15(7-1-6-13)10-3-4-10/h2,5,8,10H,1,3-4,7H2. The Bertz CT molecular complexity index is 364. The minimum absolute atomic E-state index is 0.564. The maximum absolute atomic E-state index is 8.60. The molecule has 0 amide bonds. The first kappa shape index (κ1) is 10.4. The van der Waals surface area contributed by atoms with E-state index in [1.54, 1.807) is 6.20 Å². The maximum atomic E-state index is 8.60. The van der Waals surface area contributed by atoms with Gasteiger partial charge in [0.15, 0.2) is 0 Å². The van der Waals surface area contributed by atoms with Gasteiger partial charge in [-0.25, -0.2) is 4.98 Å². The first-order valence-corrected chi connectivity index (χ1v) is 5.85. The summed E-state index contributed by atoms with van der Waals surface area (Å²) >= 11 is 3.37. The van der Waals surface area contributed by atoms with Crippen LogP contribution >= 0.6 is 15.9 Å². The highest BCUT2D eigenvalue weighted by Gasteiger charge is 2.29. The lowest BCUT2D eigenvalue weighted by atomic mass is 10.3. The molecule has 0 radical (unpaired) electrons. The molecule has 78 valence electrons. The molecule has 0 spiro atoms. The molecule has 1 aliphatic rings. The van der Waals surface area contributed by atoms with E-state index in [4.69, 9.17) is 5.26 Å². The van der Waals surface area contributed by atoms with Crippen molar-refractivity contribution >= 4 is 21.7 Å². The van der Waals surface area contributed by atoms with E-state index in [-0.39, 0.29) is 0 Å². The van der Waals surface area contributed by atoms with Crippen LogP contribution in [0.25, 0.3) is 0 Å². The van der Waals surface area contributed by atoms with Crippen molar-refractivity contribution < 1.29 is 0 Å². The molecule has 1 aromatic rings. The Kier molecular flexibility index (Phi) is 3.22. The summed E-state index contributed by atoms with van der Waals surface area (Å²) in [5, 5.41) is 8.60. The highest BCUT2D eigenvalue weighted by molar-refractivity contribution is 9.10. The lowest BCUT2D eigenvalue weighted by Gasteiger charge is -2.22. The van der Waals surface area contributed by atoms with Gasteiger partial charge in [-0.3, -0.25) is 0 Å². The first-order valence-electron chi connectivity index (χ1n) is 5.06. The third-order valence-electron chi connectivity index (χ3n) is 2.46.